The van der Waals surface area contributed by atoms with Crippen molar-refractivity contribution >= 4 is 10.0 Å². The summed E-state index contributed by atoms with van der Waals surface area (Å²) in [5.74, 6) is 0.810. The van der Waals surface area contributed by atoms with E-state index in [4.69, 9.17) is 14.6 Å². The van der Waals surface area contributed by atoms with Crippen LogP contribution in [0.25, 0.3) is 0 Å². The average Bonchev–Trinajstić information content (AvgIpc) is 2.37. The Morgan fingerprint density at radius 3 is 2.42 bits per heavy atom. The molecule has 19 heavy (non-hydrogen) atoms. The fourth-order valence-corrected chi connectivity index (χ4v) is 2.86. The Bertz CT molecular complexity index is 515. The van der Waals surface area contributed by atoms with Gasteiger partial charge in [-0.05, 0) is 25.5 Å². The van der Waals surface area contributed by atoms with E-state index in [-0.39, 0.29) is 17.5 Å². The molecule has 0 aromatic heterocycles. The summed E-state index contributed by atoms with van der Waals surface area (Å²) in [7, 11) is -0.716. The SMILES string of the molecule is COc1ccc(S(=O)(=O)NC(C)CCO)cc1OC. The van der Waals surface area contributed by atoms with Gasteiger partial charge >= 0.3 is 0 Å². The van der Waals surface area contributed by atoms with E-state index in [1.54, 1.807) is 6.92 Å². The van der Waals surface area contributed by atoms with Crippen LogP contribution in [0, 0.1) is 0 Å². The van der Waals surface area contributed by atoms with E-state index in [0.29, 0.717) is 17.9 Å². The van der Waals surface area contributed by atoms with E-state index in [1.807, 2.05) is 0 Å². The number of ether oxygens (including phenoxy) is 2. The second kappa shape index (κ2) is 6.74. The number of aliphatic hydroxyl groups excluding tert-OH is 1. The summed E-state index contributed by atoms with van der Waals surface area (Å²) >= 11 is 0. The lowest BCUT2D eigenvalue weighted by molar-refractivity contribution is 0.275. The minimum absolute atomic E-state index is 0.0738. The third-order valence-corrected chi connectivity index (χ3v) is 4.17. The number of hydrogen-bond donors (Lipinski definition) is 2. The molecule has 6 nitrogen and oxygen atoms in total. The minimum atomic E-state index is -3.64. The number of benzene rings is 1. The van der Waals surface area contributed by atoms with Crippen LogP contribution in [0.3, 0.4) is 0 Å². The van der Waals surface area contributed by atoms with Crippen molar-refractivity contribution in [2.45, 2.75) is 24.3 Å². The van der Waals surface area contributed by atoms with Crippen molar-refractivity contribution in [3.8, 4) is 11.5 Å². The molecule has 0 fully saturated rings. The lowest BCUT2D eigenvalue weighted by Crippen LogP contribution is -2.33. The lowest BCUT2D eigenvalue weighted by Gasteiger charge is -2.14. The number of aliphatic hydroxyl groups is 1. The average molecular weight is 289 g/mol. The first-order chi connectivity index (χ1) is 8.94. The molecule has 1 unspecified atom stereocenters. The Labute approximate surface area is 113 Å². The molecular weight excluding hydrogens is 270 g/mol. The molecule has 1 aromatic rings. The predicted molar refractivity (Wildman–Crippen MR) is 71.0 cm³/mol. The topological polar surface area (TPSA) is 84.9 Å². The van der Waals surface area contributed by atoms with E-state index in [1.165, 1.54) is 32.4 Å². The molecule has 0 aliphatic rings. The molecule has 0 aliphatic heterocycles. The third kappa shape index (κ3) is 4.09. The van der Waals surface area contributed by atoms with Crippen LogP contribution >= 0.6 is 0 Å². The second-order valence-corrected chi connectivity index (χ2v) is 5.77. The van der Waals surface area contributed by atoms with Crippen molar-refractivity contribution in [3.63, 3.8) is 0 Å². The van der Waals surface area contributed by atoms with Crippen LogP contribution in [-0.4, -0.2) is 40.4 Å². The van der Waals surface area contributed by atoms with Crippen molar-refractivity contribution in [2.75, 3.05) is 20.8 Å². The molecule has 1 aromatic carbocycles. The quantitative estimate of drug-likeness (QED) is 0.774. The van der Waals surface area contributed by atoms with Gasteiger partial charge in [-0.2, -0.15) is 0 Å². The lowest BCUT2D eigenvalue weighted by atomic mass is 10.3. The highest BCUT2D eigenvalue weighted by molar-refractivity contribution is 7.89. The summed E-state index contributed by atoms with van der Waals surface area (Å²) in [6.07, 6.45) is 0.354. The number of rotatable bonds is 7. The van der Waals surface area contributed by atoms with Gasteiger partial charge in [0.25, 0.3) is 0 Å². The van der Waals surface area contributed by atoms with E-state index in [0.717, 1.165) is 0 Å². The summed E-state index contributed by atoms with van der Waals surface area (Å²) in [5.41, 5.74) is 0. The predicted octanol–water partition coefficient (Wildman–Crippen LogP) is 0.753. The molecular formula is C12H19NO5S. The van der Waals surface area contributed by atoms with Gasteiger partial charge in [0.1, 0.15) is 0 Å². The first kappa shape index (κ1) is 15.7. The highest BCUT2D eigenvalue weighted by Crippen LogP contribution is 2.29. The Morgan fingerprint density at radius 2 is 1.89 bits per heavy atom. The molecule has 0 saturated carbocycles. The molecule has 1 atom stereocenters. The molecule has 0 radical (unpaired) electrons. The summed E-state index contributed by atoms with van der Waals surface area (Å²) in [5, 5.41) is 8.78. The van der Waals surface area contributed by atoms with E-state index >= 15 is 0 Å². The molecule has 0 spiro atoms. The first-order valence-corrected chi connectivity index (χ1v) is 7.28. The van der Waals surface area contributed by atoms with Gasteiger partial charge in [-0.1, -0.05) is 0 Å². The van der Waals surface area contributed by atoms with Gasteiger partial charge in [0.2, 0.25) is 10.0 Å². The maximum Gasteiger partial charge on any atom is 0.240 e. The largest absolute Gasteiger partial charge is 0.493 e. The van der Waals surface area contributed by atoms with Crippen molar-refractivity contribution in [2.24, 2.45) is 0 Å². The fourth-order valence-electron chi connectivity index (χ4n) is 1.57. The molecule has 7 heteroatoms. The van der Waals surface area contributed by atoms with Crippen molar-refractivity contribution in [1.82, 2.24) is 4.72 Å². The van der Waals surface area contributed by atoms with Crippen LogP contribution in [0.1, 0.15) is 13.3 Å². The molecule has 0 heterocycles. The first-order valence-electron chi connectivity index (χ1n) is 5.79. The highest BCUT2D eigenvalue weighted by Gasteiger charge is 2.19. The van der Waals surface area contributed by atoms with Gasteiger partial charge in [-0.3, -0.25) is 0 Å². The maximum absolute atomic E-state index is 12.1. The Kier molecular flexibility index (Phi) is 5.59. The monoisotopic (exact) mass is 289 g/mol. The molecule has 2 N–H and O–H groups in total. The smallest absolute Gasteiger partial charge is 0.240 e. The summed E-state index contributed by atoms with van der Waals surface area (Å²) in [4.78, 5) is 0.0925. The fraction of sp³-hybridized carbons (Fsp3) is 0.500. The zero-order valence-electron chi connectivity index (χ0n) is 11.2. The number of sulfonamides is 1. The Morgan fingerprint density at radius 1 is 1.26 bits per heavy atom. The molecule has 108 valence electrons. The van der Waals surface area contributed by atoms with Gasteiger partial charge < -0.3 is 14.6 Å². The summed E-state index contributed by atoms with van der Waals surface area (Å²) < 4.78 is 36.8. The second-order valence-electron chi connectivity index (χ2n) is 4.05. The van der Waals surface area contributed by atoms with Crippen molar-refractivity contribution in [1.29, 1.82) is 0 Å². The van der Waals surface area contributed by atoms with Crippen LogP contribution in [0.5, 0.6) is 11.5 Å². The van der Waals surface area contributed by atoms with Gasteiger partial charge in [-0.15, -0.1) is 0 Å². The highest BCUT2D eigenvalue weighted by atomic mass is 32.2. The van der Waals surface area contributed by atoms with Crippen molar-refractivity contribution < 1.29 is 23.0 Å². The van der Waals surface area contributed by atoms with Crippen LogP contribution in [-0.2, 0) is 10.0 Å². The van der Waals surface area contributed by atoms with E-state index < -0.39 is 10.0 Å². The number of nitrogens with one attached hydrogen (secondary N) is 1. The molecule has 0 saturated heterocycles. The van der Waals surface area contributed by atoms with Crippen LogP contribution in [0.4, 0.5) is 0 Å². The van der Waals surface area contributed by atoms with Gasteiger partial charge in [0.15, 0.2) is 11.5 Å². The van der Waals surface area contributed by atoms with Crippen LogP contribution in [0.2, 0.25) is 0 Å². The normalized spacial score (nSPS) is 13.1. The van der Waals surface area contributed by atoms with E-state index in [2.05, 4.69) is 4.72 Å². The zero-order chi connectivity index (χ0) is 14.5. The summed E-state index contributed by atoms with van der Waals surface area (Å²) in [6.45, 7) is 1.62. The van der Waals surface area contributed by atoms with Crippen LogP contribution in [0.15, 0.2) is 23.1 Å². The van der Waals surface area contributed by atoms with Crippen LogP contribution < -0.4 is 14.2 Å². The standard InChI is InChI=1S/C12H19NO5S/c1-9(6-7-14)13-19(15,16)10-4-5-11(17-2)12(8-10)18-3/h4-5,8-9,13-14H,6-7H2,1-3H3. The molecule has 1 rings (SSSR count). The Balaban J connectivity index is 3.01. The molecule has 0 aliphatic carbocycles. The van der Waals surface area contributed by atoms with Crippen molar-refractivity contribution in [3.05, 3.63) is 18.2 Å². The van der Waals surface area contributed by atoms with Gasteiger partial charge in [0.05, 0.1) is 19.1 Å². The third-order valence-electron chi connectivity index (χ3n) is 2.58. The zero-order valence-corrected chi connectivity index (χ0v) is 12.0. The maximum atomic E-state index is 12.1. The Hall–Kier alpha value is -1.31. The molecule has 0 amide bonds. The van der Waals surface area contributed by atoms with Gasteiger partial charge in [-0.25, -0.2) is 13.1 Å². The number of methoxy groups -OCH3 is 2. The van der Waals surface area contributed by atoms with Gasteiger partial charge in [0, 0.05) is 18.7 Å². The number of hydrogen-bond acceptors (Lipinski definition) is 5. The summed E-state index contributed by atoms with van der Waals surface area (Å²) in [6, 6.07) is 4.02. The molecule has 0 bridgehead atoms. The van der Waals surface area contributed by atoms with E-state index in [9.17, 15) is 8.42 Å². The minimum Gasteiger partial charge on any atom is -0.493 e.